The van der Waals surface area contributed by atoms with Crippen LogP contribution in [-0.4, -0.2) is 43.7 Å². The van der Waals surface area contributed by atoms with E-state index in [0.717, 1.165) is 25.9 Å². The van der Waals surface area contributed by atoms with E-state index < -0.39 is 0 Å². The minimum absolute atomic E-state index is 0.191. The lowest BCUT2D eigenvalue weighted by molar-refractivity contribution is -0.134. The number of nitrogens with one attached hydrogen (secondary N) is 1. The van der Waals surface area contributed by atoms with E-state index >= 15 is 0 Å². The number of nitrogens with zero attached hydrogens (tertiary/aromatic N) is 1. The molecule has 0 saturated carbocycles. The van der Waals surface area contributed by atoms with Crippen LogP contribution in [-0.2, 0) is 16.0 Å². The lowest BCUT2D eigenvalue weighted by Gasteiger charge is -2.30. The topological polar surface area (TPSA) is 41.6 Å². The van der Waals surface area contributed by atoms with E-state index in [4.69, 9.17) is 4.74 Å². The van der Waals surface area contributed by atoms with Crippen LogP contribution >= 0.6 is 0 Å². The van der Waals surface area contributed by atoms with Crippen molar-refractivity contribution in [1.29, 1.82) is 0 Å². The van der Waals surface area contributed by atoms with Gasteiger partial charge in [0.2, 0.25) is 5.91 Å². The molecule has 1 amide bonds. The maximum Gasteiger partial charge on any atom is 0.236 e. The van der Waals surface area contributed by atoms with Crippen molar-refractivity contribution >= 4 is 5.91 Å². The number of morpholine rings is 1. The van der Waals surface area contributed by atoms with Crippen LogP contribution in [0.4, 0.5) is 0 Å². The number of benzene rings is 1. The molecule has 1 fully saturated rings. The Bertz CT molecular complexity index is 469. The van der Waals surface area contributed by atoms with Crippen LogP contribution in [0.2, 0.25) is 0 Å². The summed E-state index contributed by atoms with van der Waals surface area (Å²) in [7, 11) is 0. The molecule has 3 rings (SSSR count). The lowest BCUT2D eigenvalue weighted by atomic mass is 9.88. The Kier molecular flexibility index (Phi) is 4.33. The van der Waals surface area contributed by atoms with Crippen molar-refractivity contribution in [1.82, 2.24) is 10.2 Å². The zero-order chi connectivity index (χ0) is 13.8. The summed E-state index contributed by atoms with van der Waals surface area (Å²) in [6.07, 6.45) is 3.47. The zero-order valence-electron chi connectivity index (χ0n) is 11.8. The molecule has 0 bridgehead atoms. The second-order valence-corrected chi connectivity index (χ2v) is 5.52. The van der Waals surface area contributed by atoms with Gasteiger partial charge in [0.25, 0.3) is 0 Å². The number of aryl methyl sites for hydroxylation is 1. The van der Waals surface area contributed by atoms with Gasteiger partial charge in [-0.15, -0.1) is 0 Å². The summed E-state index contributed by atoms with van der Waals surface area (Å²) in [5.41, 5.74) is 2.79. The number of hydrogen-bond donors (Lipinski definition) is 1. The Morgan fingerprint density at radius 1 is 1.30 bits per heavy atom. The van der Waals surface area contributed by atoms with Gasteiger partial charge >= 0.3 is 0 Å². The number of carbonyl (C=O) groups excluding carboxylic acids is 1. The van der Waals surface area contributed by atoms with Gasteiger partial charge in [-0.25, -0.2) is 0 Å². The normalized spacial score (nSPS) is 22.4. The van der Waals surface area contributed by atoms with E-state index in [-0.39, 0.29) is 5.91 Å². The zero-order valence-corrected chi connectivity index (χ0v) is 11.8. The summed E-state index contributed by atoms with van der Waals surface area (Å²) in [6, 6.07) is 8.89. The van der Waals surface area contributed by atoms with Gasteiger partial charge in [-0.1, -0.05) is 24.3 Å². The Morgan fingerprint density at radius 2 is 2.10 bits per heavy atom. The molecule has 1 heterocycles. The molecule has 20 heavy (non-hydrogen) atoms. The summed E-state index contributed by atoms with van der Waals surface area (Å²) >= 11 is 0. The molecular weight excluding hydrogens is 252 g/mol. The molecule has 0 radical (unpaired) electrons. The first-order valence-electron chi connectivity index (χ1n) is 7.51. The minimum Gasteiger partial charge on any atom is -0.378 e. The predicted octanol–water partition coefficient (Wildman–Crippen LogP) is 1.51. The van der Waals surface area contributed by atoms with Gasteiger partial charge in [-0.2, -0.15) is 0 Å². The molecule has 1 aromatic rings. The van der Waals surface area contributed by atoms with E-state index in [1.54, 1.807) is 0 Å². The fourth-order valence-corrected chi connectivity index (χ4v) is 3.10. The molecule has 0 spiro atoms. The molecule has 108 valence electrons. The van der Waals surface area contributed by atoms with Crippen molar-refractivity contribution in [3.63, 3.8) is 0 Å². The Hall–Kier alpha value is -1.39. The molecule has 4 heteroatoms. The van der Waals surface area contributed by atoms with Crippen LogP contribution in [0.25, 0.3) is 0 Å². The second-order valence-electron chi connectivity index (χ2n) is 5.52. The average Bonchev–Trinajstić information content (AvgIpc) is 2.53. The summed E-state index contributed by atoms with van der Waals surface area (Å²) in [4.78, 5) is 14.1. The lowest BCUT2D eigenvalue weighted by Crippen LogP contribution is -2.45. The molecule has 1 aliphatic carbocycles. The van der Waals surface area contributed by atoms with Gasteiger partial charge in [0.1, 0.15) is 0 Å². The Balaban J connectivity index is 1.57. The van der Waals surface area contributed by atoms with Gasteiger partial charge in [-0.3, -0.25) is 4.79 Å². The Morgan fingerprint density at radius 3 is 2.95 bits per heavy atom. The third kappa shape index (κ3) is 3.02. The van der Waals surface area contributed by atoms with Gasteiger partial charge in [0.05, 0.1) is 19.8 Å². The number of rotatable bonds is 3. The van der Waals surface area contributed by atoms with E-state index in [0.29, 0.717) is 25.8 Å². The van der Waals surface area contributed by atoms with Crippen LogP contribution in [0, 0.1) is 0 Å². The van der Waals surface area contributed by atoms with Gasteiger partial charge in [0, 0.05) is 19.1 Å². The first kappa shape index (κ1) is 13.6. The van der Waals surface area contributed by atoms with E-state index in [9.17, 15) is 4.79 Å². The van der Waals surface area contributed by atoms with Gasteiger partial charge < -0.3 is 15.0 Å². The SMILES string of the molecule is O=C(CNC1CCCc2ccccc21)N1CCOCC1. The fourth-order valence-electron chi connectivity index (χ4n) is 3.10. The predicted molar refractivity (Wildman–Crippen MR) is 77.5 cm³/mol. The highest BCUT2D eigenvalue weighted by molar-refractivity contribution is 5.78. The number of hydrogen-bond acceptors (Lipinski definition) is 3. The molecule has 1 unspecified atom stereocenters. The summed E-state index contributed by atoms with van der Waals surface area (Å²) in [5.74, 6) is 0.191. The van der Waals surface area contributed by atoms with Crippen LogP contribution < -0.4 is 5.32 Å². The summed E-state index contributed by atoms with van der Waals surface area (Å²) in [6.45, 7) is 3.21. The molecule has 1 atom stereocenters. The van der Waals surface area contributed by atoms with Crippen molar-refractivity contribution in [2.45, 2.75) is 25.3 Å². The molecule has 0 aromatic heterocycles. The molecule has 1 N–H and O–H groups in total. The standard InChI is InChI=1S/C16H22N2O2/c19-16(18-8-10-20-11-9-18)12-17-15-7-3-5-13-4-1-2-6-14(13)15/h1-2,4,6,15,17H,3,5,7-12H2. The first-order valence-corrected chi connectivity index (χ1v) is 7.51. The van der Waals surface area contributed by atoms with E-state index in [1.807, 2.05) is 4.90 Å². The molecule has 2 aliphatic rings. The highest BCUT2D eigenvalue weighted by atomic mass is 16.5. The average molecular weight is 274 g/mol. The largest absolute Gasteiger partial charge is 0.378 e. The smallest absolute Gasteiger partial charge is 0.236 e. The van der Waals surface area contributed by atoms with Crippen molar-refractivity contribution in [2.24, 2.45) is 0 Å². The van der Waals surface area contributed by atoms with Gasteiger partial charge in [-0.05, 0) is 30.4 Å². The van der Waals surface area contributed by atoms with Crippen LogP contribution in [0.1, 0.15) is 30.0 Å². The van der Waals surface area contributed by atoms with Gasteiger partial charge in [0.15, 0.2) is 0 Å². The molecule has 1 saturated heterocycles. The third-order valence-electron chi connectivity index (χ3n) is 4.23. The number of carbonyl (C=O) groups is 1. The second kappa shape index (κ2) is 6.37. The fraction of sp³-hybridized carbons (Fsp3) is 0.562. The van der Waals surface area contributed by atoms with E-state index in [1.165, 1.54) is 17.5 Å². The molecule has 4 nitrogen and oxygen atoms in total. The third-order valence-corrected chi connectivity index (χ3v) is 4.23. The van der Waals surface area contributed by atoms with Crippen molar-refractivity contribution in [3.8, 4) is 0 Å². The maximum absolute atomic E-state index is 12.2. The summed E-state index contributed by atoms with van der Waals surface area (Å²) < 4.78 is 5.28. The van der Waals surface area contributed by atoms with Crippen molar-refractivity contribution in [3.05, 3.63) is 35.4 Å². The maximum atomic E-state index is 12.2. The van der Waals surface area contributed by atoms with Crippen LogP contribution in [0.15, 0.2) is 24.3 Å². The quantitative estimate of drug-likeness (QED) is 0.908. The number of ether oxygens (including phenoxy) is 1. The monoisotopic (exact) mass is 274 g/mol. The number of fused-ring (bicyclic) bond motifs is 1. The highest BCUT2D eigenvalue weighted by Crippen LogP contribution is 2.29. The first-order chi connectivity index (χ1) is 9.84. The Labute approximate surface area is 120 Å². The summed E-state index contributed by atoms with van der Waals surface area (Å²) in [5, 5.41) is 3.44. The molecule has 1 aliphatic heterocycles. The molecule has 1 aromatic carbocycles. The minimum atomic E-state index is 0.191. The van der Waals surface area contributed by atoms with Crippen LogP contribution in [0.3, 0.4) is 0 Å². The highest BCUT2D eigenvalue weighted by Gasteiger charge is 2.22. The van der Waals surface area contributed by atoms with Crippen molar-refractivity contribution in [2.75, 3.05) is 32.8 Å². The molecular formula is C16H22N2O2. The van der Waals surface area contributed by atoms with E-state index in [2.05, 4.69) is 29.6 Å². The van der Waals surface area contributed by atoms with Crippen molar-refractivity contribution < 1.29 is 9.53 Å². The number of amides is 1. The van der Waals surface area contributed by atoms with Crippen LogP contribution in [0.5, 0.6) is 0 Å².